The Kier molecular flexibility index (Phi) is 5.39. The molecule has 3 nitrogen and oxygen atoms in total. The van der Waals surface area contributed by atoms with E-state index in [1.807, 2.05) is 6.92 Å². The molecule has 1 amide bonds. The van der Waals surface area contributed by atoms with Crippen LogP contribution in [0.2, 0.25) is 0 Å². The number of rotatable bonds is 5. The van der Waals surface area contributed by atoms with Gasteiger partial charge in [0, 0.05) is 17.6 Å². The van der Waals surface area contributed by atoms with Gasteiger partial charge in [-0.3, -0.25) is 4.79 Å². The fourth-order valence-electron chi connectivity index (χ4n) is 1.63. The molecular weight excluding hydrogens is 285 g/mol. The smallest absolute Gasteiger partial charge is 0.247 e. The molecule has 0 saturated carbocycles. The van der Waals surface area contributed by atoms with E-state index < -0.39 is 0 Å². The second kappa shape index (κ2) is 7.05. The minimum Gasteiger partial charge on any atom is -0.491 e. The number of amides is 1. The average molecular weight is 301 g/mol. The number of thioether (sulfide) groups is 2. The molecule has 0 aromatic heterocycles. The molecule has 1 aliphatic heterocycles. The molecule has 0 spiro atoms. The number of hydrogen-bond acceptors (Lipinski definition) is 4. The summed E-state index contributed by atoms with van der Waals surface area (Å²) in [6.07, 6.45) is 0.832. The molecular formula is C13H16FNO2S2. The number of benzene rings is 1. The van der Waals surface area contributed by atoms with E-state index in [1.54, 1.807) is 29.6 Å². The van der Waals surface area contributed by atoms with Crippen LogP contribution in [0, 0.1) is 5.82 Å². The van der Waals surface area contributed by atoms with Gasteiger partial charge >= 0.3 is 0 Å². The van der Waals surface area contributed by atoms with Gasteiger partial charge in [0.2, 0.25) is 5.91 Å². The van der Waals surface area contributed by atoms with Crippen LogP contribution in [0.3, 0.4) is 0 Å². The van der Waals surface area contributed by atoms with Gasteiger partial charge in [0.05, 0.1) is 12.3 Å². The van der Waals surface area contributed by atoms with Crippen molar-refractivity contribution >= 4 is 35.1 Å². The van der Waals surface area contributed by atoms with Crippen LogP contribution in [0.5, 0.6) is 5.75 Å². The van der Waals surface area contributed by atoms with Crippen LogP contribution in [0.1, 0.15) is 13.3 Å². The quantitative estimate of drug-likeness (QED) is 0.905. The SMILES string of the molecule is CCCOc1cc(F)ccc1NC(=O)C1SCCS1. The molecule has 1 aliphatic rings. The van der Waals surface area contributed by atoms with E-state index in [-0.39, 0.29) is 16.3 Å². The number of anilines is 1. The fourth-order valence-corrected chi connectivity index (χ4v) is 4.21. The molecule has 1 heterocycles. The second-order valence-corrected chi connectivity index (χ2v) is 6.78. The van der Waals surface area contributed by atoms with E-state index in [1.165, 1.54) is 12.1 Å². The average Bonchev–Trinajstić information content (AvgIpc) is 2.93. The van der Waals surface area contributed by atoms with Crippen molar-refractivity contribution in [3.8, 4) is 5.75 Å². The van der Waals surface area contributed by atoms with Gasteiger partial charge in [-0.15, -0.1) is 23.5 Å². The van der Waals surface area contributed by atoms with E-state index in [2.05, 4.69) is 5.32 Å². The molecule has 0 aliphatic carbocycles. The van der Waals surface area contributed by atoms with Crippen molar-refractivity contribution < 1.29 is 13.9 Å². The Hall–Kier alpha value is -0.880. The Morgan fingerprint density at radius 2 is 2.21 bits per heavy atom. The first-order valence-corrected chi connectivity index (χ1v) is 8.27. The van der Waals surface area contributed by atoms with Crippen LogP contribution in [0.4, 0.5) is 10.1 Å². The first-order valence-electron chi connectivity index (χ1n) is 6.17. The molecule has 1 N–H and O–H groups in total. The van der Waals surface area contributed by atoms with E-state index in [0.29, 0.717) is 18.0 Å². The summed E-state index contributed by atoms with van der Waals surface area (Å²) in [6, 6.07) is 4.17. The van der Waals surface area contributed by atoms with E-state index in [4.69, 9.17) is 4.74 Å². The largest absolute Gasteiger partial charge is 0.491 e. The Bertz CT molecular complexity index is 450. The van der Waals surface area contributed by atoms with E-state index in [0.717, 1.165) is 17.9 Å². The molecule has 2 rings (SSSR count). The lowest BCUT2D eigenvalue weighted by atomic mass is 10.3. The zero-order valence-electron chi connectivity index (χ0n) is 10.6. The third kappa shape index (κ3) is 4.04. The summed E-state index contributed by atoms with van der Waals surface area (Å²) in [5, 5.41) is 2.82. The third-order valence-corrected chi connectivity index (χ3v) is 5.49. The minimum atomic E-state index is -0.367. The standard InChI is InChI=1S/C13H16FNO2S2/c1-2-5-17-11-8-9(14)3-4-10(11)15-12(16)13-18-6-7-19-13/h3-4,8,13H,2,5-7H2,1H3,(H,15,16). The molecule has 0 atom stereocenters. The first kappa shape index (κ1) is 14.5. The lowest BCUT2D eigenvalue weighted by Gasteiger charge is -2.14. The number of carbonyl (C=O) groups is 1. The lowest BCUT2D eigenvalue weighted by molar-refractivity contribution is -0.114. The number of hydrogen-bond donors (Lipinski definition) is 1. The van der Waals surface area contributed by atoms with Gasteiger partial charge in [-0.1, -0.05) is 6.92 Å². The normalized spacial score (nSPS) is 15.5. The number of nitrogens with one attached hydrogen (secondary N) is 1. The zero-order valence-corrected chi connectivity index (χ0v) is 12.3. The van der Waals surface area contributed by atoms with Gasteiger partial charge < -0.3 is 10.1 Å². The Labute approximate surface area is 120 Å². The maximum absolute atomic E-state index is 13.2. The van der Waals surface area contributed by atoms with E-state index in [9.17, 15) is 9.18 Å². The molecule has 1 aromatic rings. The highest BCUT2D eigenvalue weighted by Gasteiger charge is 2.24. The summed E-state index contributed by atoms with van der Waals surface area (Å²) >= 11 is 3.27. The number of halogens is 1. The highest BCUT2D eigenvalue weighted by Crippen LogP contribution is 2.34. The number of ether oxygens (including phenoxy) is 1. The summed E-state index contributed by atoms with van der Waals surface area (Å²) in [5.41, 5.74) is 0.535. The van der Waals surface area contributed by atoms with Crippen LogP contribution in [-0.2, 0) is 4.79 Å². The van der Waals surface area contributed by atoms with Crippen molar-refractivity contribution in [1.29, 1.82) is 0 Å². The Morgan fingerprint density at radius 3 is 2.89 bits per heavy atom. The monoisotopic (exact) mass is 301 g/mol. The molecule has 6 heteroatoms. The highest BCUT2D eigenvalue weighted by atomic mass is 32.2. The zero-order chi connectivity index (χ0) is 13.7. The molecule has 1 saturated heterocycles. The van der Waals surface area contributed by atoms with Gasteiger partial charge in [-0.25, -0.2) is 4.39 Å². The maximum Gasteiger partial charge on any atom is 0.247 e. The van der Waals surface area contributed by atoms with Crippen molar-refractivity contribution in [3.05, 3.63) is 24.0 Å². The predicted octanol–water partition coefficient (Wildman–Crippen LogP) is 3.36. The van der Waals surface area contributed by atoms with Gasteiger partial charge in [0.25, 0.3) is 0 Å². The van der Waals surface area contributed by atoms with Crippen molar-refractivity contribution in [2.45, 2.75) is 17.9 Å². The number of carbonyl (C=O) groups excluding carboxylic acids is 1. The molecule has 0 unspecified atom stereocenters. The highest BCUT2D eigenvalue weighted by molar-refractivity contribution is 8.21. The van der Waals surface area contributed by atoms with Crippen LogP contribution in [-0.4, -0.2) is 28.6 Å². The summed E-state index contributed by atoms with van der Waals surface area (Å²) in [6.45, 7) is 2.47. The van der Waals surface area contributed by atoms with E-state index >= 15 is 0 Å². The molecule has 1 aromatic carbocycles. The molecule has 1 fully saturated rings. The van der Waals surface area contributed by atoms with Gasteiger partial charge in [-0.2, -0.15) is 0 Å². The van der Waals surface area contributed by atoms with Crippen LogP contribution < -0.4 is 10.1 Å². The van der Waals surface area contributed by atoms with Crippen LogP contribution in [0.25, 0.3) is 0 Å². The molecule has 0 radical (unpaired) electrons. The van der Waals surface area contributed by atoms with Gasteiger partial charge in [0.1, 0.15) is 16.1 Å². The first-order chi connectivity index (χ1) is 9.20. The van der Waals surface area contributed by atoms with Crippen molar-refractivity contribution in [2.75, 3.05) is 23.4 Å². The summed E-state index contributed by atoms with van der Waals surface area (Å²) < 4.78 is 18.6. The minimum absolute atomic E-state index is 0.0551. The van der Waals surface area contributed by atoms with Crippen LogP contribution >= 0.6 is 23.5 Å². The van der Waals surface area contributed by atoms with Gasteiger partial charge in [-0.05, 0) is 18.6 Å². The Morgan fingerprint density at radius 1 is 1.47 bits per heavy atom. The maximum atomic E-state index is 13.2. The fraction of sp³-hybridized carbons (Fsp3) is 0.462. The Balaban J connectivity index is 2.07. The lowest BCUT2D eigenvalue weighted by Crippen LogP contribution is -2.21. The van der Waals surface area contributed by atoms with Crippen molar-refractivity contribution in [3.63, 3.8) is 0 Å². The second-order valence-electron chi connectivity index (χ2n) is 4.05. The third-order valence-electron chi connectivity index (χ3n) is 2.50. The van der Waals surface area contributed by atoms with Gasteiger partial charge in [0.15, 0.2) is 0 Å². The molecule has 104 valence electrons. The van der Waals surface area contributed by atoms with Crippen LogP contribution in [0.15, 0.2) is 18.2 Å². The summed E-state index contributed by atoms with van der Waals surface area (Å²) in [5.74, 6) is 1.95. The predicted molar refractivity (Wildman–Crippen MR) is 79.5 cm³/mol. The molecule has 19 heavy (non-hydrogen) atoms. The molecule has 0 bridgehead atoms. The van der Waals surface area contributed by atoms with Crippen molar-refractivity contribution in [2.24, 2.45) is 0 Å². The summed E-state index contributed by atoms with van der Waals surface area (Å²) in [7, 11) is 0. The summed E-state index contributed by atoms with van der Waals surface area (Å²) in [4.78, 5) is 12.0. The van der Waals surface area contributed by atoms with Crippen molar-refractivity contribution in [1.82, 2.24) is 0 Å². The topological polar surface area (TPSA) is 38.3 Å².